The van der Waals surface area contributed by atoms with E-state index in [2.05, 4.69) is 12.2 Å². The van der Waals surface area contributed by atoms with Crippen molar-refractivity contribution in [3.63, 3.8) is 0 Å². The van der Waals surface area contributed by atoms with Gasteiger partial charge in [-0.05, 0) is 30.5 Å². The Hall–Kier alpha value is -1.55. The lowest BCUT2D eigenvalue weighted by Gasteiger charge is -2.07. The van der Waals surface area contributed by atoms with Crippen molar-refractivity contribution in [2.75, 3.05) is 13.1 Å². The van der Waals surface area contributed by atoms with Crippen LogP contribution in [0.15, 0.2) is 24.3 Å². The minimum absolute atomic E-state index is 0.304. The second-order valence-electron chi connectivity index (χ2n) is 3.82. The zero-order valence-electron chi connectivity index (χ0n) is 10.2. The number of rotatable bonds is 6. The van der Waals surface area contributed by atoms with Crippen molar-refractivity contribution in [3.05, 3.63) is 35.4 Å². The van der Waals surface area contributed by atoms with Gasteiger partial charge in [0.05, 0.1) is 0 Å². The van der Waals surface area contributed by atoms with Crippen LogP contribution in [-0.2, 0) is 17.8 Å². The number of carbonyl (C=O) groups excluding carboxylic acids is 1. The number of ether oxygens (including phenoxy) is 1. The molecule has 0 aromatic heterocycles. The molecule has 0 fully saturated rings. The van der Waals surface area contributed by atoms with Crippen LogP contribution in [0.2, 0.25) is 0 Å². The van der Waals surface area contributed by atoms with Gasteiger partial charge in [-0.2, -0.15) is 0 Å². The largest absolute Gasteiger partial charge is 0.445 e. The average Bonchev–Trinajstić information content (AvgIpc) is 2.37. The Morgan fingerprint density at radius 1 is 1.29 bits per heavy atom. The predicted molar refractivity (Wildman–Crippen MR) is 67.7 cm³/mol. The highest BCUT2D eigenvalue weighted by atomic mass is 16.5. The number of carbonyl (C=O) groups is 1. The molecule has 3 N–H and O–H groups in total. The van der Waals surface area contributed by atoms with Gasteiger partial charge in [-0.3, -0.25) is 0 Å². The minimum Gasteiger partial charge on any atom is -0.445 e. The molecular formula is C13H20N2O2. The second-order valence-corrected chi connectivity index (χ2v) is 3.82. The van der Waals surface area contributed by atoms with E-state index < -0.39 is 6.09 Å². The smallest absolute Gasteiger partial charge is 0.407 e. The van der Waals surface area contributed by atoms with Crippen LogP contribution in [0, 0.1) is 0 Å². The van der Waals surface area contributed by atoms with Crippen LogP contribution in [-0.4, -0.2) is 19.2 Å². The van der Waals surface area contributed by atoms with E-state index in [0.29, 0.717) is 19.7 Å². The van der Waals surface area contributed by atoms with Crippen LogP contribution in [0.4, 0.5) is 4.79 Å². The molecule has 1 aromatic rings. The average molecular weight is 236 g/mol. The first-order valence-corrected chi connectivity index (χ1v) is 5.94. The summed E-state index contributed by atoms with van der Waals surface area (Å²) in [5.41, 5.74) is 7.59. The maximum Gasteiger partial charge on any atom is 0.407 e. The summed E-state index contributed by atoms with van der Waals surface area (Å²) in [7, 11) is 0. The number of hydrogen-bond acceptors (Lipinski definition) is 3. The molecule has 0 aliphatic carbocycles. The molecule has 0 aliphatic heterocycles. The topological polar surface area (TPSA) is 64.3 Å². The number of nitrogens with one attached hydrogen (secondary N) is 1. The molecular weight excluding hydrogens is 216 g/mol. The lowest BCUT2D eigenvalue weighted by molar-refractivity contribution is 0.139. The van der Waals surface area contributed by atoms with Gasteiger partial charge in [0.25, 0.3) is 0 Å². The van der Waals surface area contributed by atoms with Crippen LogP contribution >= 0.6 is 0 Å². The molecule has 0 heterocycles. The molecule has 0 unspecified atom stereocenters. The van der Waals surface area contributed by atoms with E-state index in [1.807, 2.05) is 24.3 Å². The number of amides is 1. The van der Waals surface area contributed by atoms with Gasteiger partial charge < -0.3 is 15.8 Å². The Morgan fingerprint density at radius 2 is 1.94 bits per heavy atom. The van der Waals surface area contributed by atoms with Gasteiger partial charge in [-0.25, -0.2) is 4.79 Å². The SMILES string of the molecule is CCc1ccc(COC(=O)NCCCN)cc1. The molecule has 4 nitrogen and oxygen atoms in total. The number of aryl methyl sites for hydroxylation is 1. The van der Waals surface area contributed by atoms with Gasteiger partial charge in [0.2, 0.25) is 0 Å². The lowest BCUT2D eigenvalue weighted by Crippen LogP contribution is -2.26. The molecule has 94 valence electrons. The van der Waals surface area contributed by atoms with Gasteiger partial charge in [-0.15, -0.1) is 0 Å². The maximum absolute atomic E-state index is 11.2. The van der Waals surface area contributed by atoms with Crippen molar-refractivity contribution < 1.29 is 9.53 Å². The van der Waals surface area contributed by atoms with Crippen molar-refractivity contribution in [1.82, 2.24) is 5.32 Å². The summed E-state index contributed by atoms with van der Waals surface area (Å²) in [5.74, 6) is 0. The quantitative estimate of drug-likeness (QED) is 0.740. The van der Waals surface area contributed by atoms with Gasteiger partial charge in [0.1, 0.15) is 6.61 Å². The van der Waals surface area contributed by atoms with E-state index in [9.17, 15) is 4.79 Å². The first-order valence-electron chi connectivity index (χ1n) is 5.94. The number of alkyl carbamates (subject to hydrolysis) is 1. The number of nitrogens with two attached hydrogens (primary N) is 1. The molecule has 0 bridgehead atoms. The van der Waals surface area contributed by atoms with Gasteiger partial charge >= 0.3 is 6.09 Å². The molecule has 0 spiro atoms. The minimum atomic E-state index is -0.391. The standard InChI is InChI=1S/C13H20N2O2/c1-2-11-4-6-12(7-5-11)10-17-13(16)15-9-3-8-14/h4-7H,2-3,8-10,14H2,1H3,(H,15,16). The van der Waals surface area contributed by atoms with Crippen molar-refractivity contribution in [1.29, 1.82) is 0 Å². The van der Waals surface area contributed by atoms with Crippen molar-refractivity contribution >= 4 is 6.09 Å². The lowest BCUT2D eigenvalue weighted by atomic mass is 10.1. The Bertz CT molecular complexity index is 336. The van der Waals surface area contributed by atoms with E-state index in [1.54, 1.807) is 0 Å². The Labute approximate surface area is 102 Å². The monoisotopic (exact) mass is 236 g/mol. The molecule has 1 rings (SSSR count). The highest BCUT2D eigenvalue weighted by Crippen LogP contribution is 2.06. The van der Waals surface area contributed by atoms with Crippen LogP contribution in [0.5, 0.6) is 0 Å². The predicted octanol–water partition coefficient (Wildman–Crippen LogP) is 1.82. The molecule has 4 heteroatoms. The molecule has 0 saturated heterocycles. The van der Waals surface area contributed by atoms with Crippen molar-refractivity contribution in [2.24, 2.45) is 5.73 Å². The van der Waals surface area contributed by atoms with E-state index in [4.69, 9.17) is 10.5 Å². The third-order valence-corrected chi connectivity index (χ3v) is 2.45. The Kier molecular flexibility index (Phi) is 6.10. The first kappa shape index (κ1) is 13.5. The van der Waals surface area contributed by atoms with E-state index >= 15 is 0 Å². The van der Waals surface area contributed by atoms with E-state index in [-0.39, 0.29) is 0 Å². The van der Waals surface area contributed by atoms with E-state index in [0.717, 1.165) is 18.4 Å². The molecule has 0 saturated carbocycles. The molecule has 0 atom stereocenters. The summed E-state index contributed by atoms with van der Waals surface area (Å²) in [6.07, 6.45) is 1.39. The zero-order valence-corrected chi connectivity index (χ0v) is 10.2. The Balaban J connectivity index is 2.27. The normalized spacial score (nSPS) is 10.0. The van der Waals surface area contributed by atoms with Gasteiger partial charge in [0.15, 0.2) is 0 Å². The summed E-state index contributed by atoms with van der Waals surface area (Å²) in [6, 6.07) is 8.05. The molecule has 0 radical (unpaired) electrons. The zero-order chi connectivity index (χ0) is 12.5. The van der Waals surface area contributed by atoms with Crippen LogP contribution in [0.1, 0.15) is 24.5 Å². The molecule has 17 heavy (non-hydrogen) atoms. The van der Waals surface area contributed by atoms with Crippen LogP contribution in [0.3, 0.4) is 0 Å². The fourth-order valence-corrected chi connectivity index (χ4v) is 1.36. The highest BCUT2D eigenvalue weighted by Gasteiger charge is 2.01. The molecule has 0 aliphatic rings. The summed E-state index contributed by atoms with van der Waals surface area (Å²) in [5, 5.41) is 2.64. The highest BCUT2D eigenvalue weighted by molar-refractivity contribution is 5.67. The van der Waals surface area contributed by atoms with Crippen molar-refractivity contribution in [3.8, 4) is 0 Å². The van der Waals surface area contributed by atoms with Crippen LogP contribution < -0.4 is 11.1 Å². The Morgan fingerprint density at radius 3 is 2.53 bits per heavy atom. The van der Waals surface area contributed by atoms with Gasteiger partial charge in [0, 0.05) is 6.54 Å². The molecule has 1 aromatic carbocycles. The summed E-state index contributed by atoms with van der Waals surface area (Å²) in [6.45, 7) is 3.54. The number of benzene rings is 1. The van der Waals surface area contributed by atoms with Gasteiger partial charge in [-0.1, -0.05) is 31.2 Å². The summed E-state index contributed by atoms with van der Waals surface area (Å²) < 4.78 is 5.06. The van der Waals surface area contributed by atoms with Crippen molar-refractivity contribution in [2.45, 2.75) is 26.4 Å². The third-order valence-electron chi connectivity index (χ3n) is 2.45. The second kappa shape index (κ2) is 7.68. The van der Waals surface area contributed by atoms with E-state index in [1.165, 1.54) is 5.56 Å². The maximum atomic E-state index is 11.2. The third kappa shape index (κ3) is 5.36. The van der Waals surface area contributed by atoms with Crippen LogP contribution in [0.25, 0.3) is 0 Å². The fourth-order valence-electron chi connectivity index (χ4n) is 1.36. The fraction of sp³-hybridized carbons (Fsp3) is 0.462. The summed E-state index contributed by atoms with van der Waals surface area (Å²) in [4.78, 5) is 11.2. The number of hydrogen-bond donors (Lipinski definition) is 2. The summed E-state index contributed by atoms with van der Waals surface area (Å²) >= 11 is 0. The molecule has 1 amide bonds. The first-order chi connectivity index (χ1) is 8.26.